The number of para-hydroxylation sites is 1. The first kappa shape index (κ1) is 20.1. The van der Waals surface area contributed by atoms with Gasteiger partial charge in [0.2, 0.25) is 0 Å². The Morgan fingerprint density at radius 2 is 1.72 bits per heavy atom. The molecule has 0 bridgehead atoms. The zero-order chi connectivity index (χ0) is 21.0. The number of aromatic hydroxyl groups is 1. The molecule has 7 nitrogen and oxygen atoms in total. The molecule has 3 aromatic rings. The third-order valence-corrected chi connectivity index (χ3v) is 3.94. The second-order valence-corrected chi connectivity index (χ2v) is 7.45. The van der Waals surface area contributed by atoms with Crippen LogP contribution in [0.15, 0.2) is 54.6 Å². The molecule has 0 amide bonds. The van der Waals surface area contributed by atoms with Crippen molar-refractivity contribution < 1.29 is 19.4 Å². The van der Waals surface area contributed by atoms with Crippen molar-refractivity contribution >= 4 is 11.8 Å². The van der Waals surface area contributed by atoms with Crippen molar-refractivity contribution in [2.24, 2.45) is 0 Å². The number of nitrogens with zero attached hydrogens (tertiary/aromatic N) is 2. The van der Waals surface area contributed by atoms with Gasteiger partial charge in [-0.1, -0.05) is 24.3 Å². The maximum Gasteiger partial charge on any atom is 0.344 e. The number of hydrogen-bond donors (Lipinski definition) is 2. The number of nitrogen functional groups attached to an aromatic ring is 1. The highest BCUT2D eigenvalue weighted by Crippen LogP contribution is 2.32. The van der Waals surface area contributed by atoms with Crippen LogP contribution in [0.25, 0.3) is 22.4 Å². The molecule has 0 unspecified atom stereocenters. The number of nitrogens with two attached hydrogens (primary N) is 1. The van der Waals surface area contributed by atoms with Crippen LogP contribution in [0.5, 0.6) is 11.5 Å². The summed E-state index contributed by atoms with van der Waals surface area (Å²) in [4.78, 5) is 11.8. The number of phenolic OH excluding ortho intramolecular Hbond substituents is 1. The molecule has 7 heteroatoms. The molecule has 0 radical (unpaired) electrons. The largest absolute Gasteiger partial charge is 0.507 e. The van der Waals surface area contributed by atoms with Crippen molar-refractivity contribution in [3.63, 3.8) is 0 Å². The Kier molecular flexibility index (Phi) is 5.68. The van der Waals surface area contributed by atoms with E-state index in [9.17, 15) is 9.90 Å². The Morgan fingerprint density at radius 3 is 2.38 bits per heavy atom. The Bertz CT molecular complexity index is 1010. The predicted molar refractivity (Wildman–Crippen MR) is 110 cm³/mol. The molecule has 0 aliphatic heterocycles. The lowest BCUT2D eigenvalue weighted by Crippen LogP contribution is -2.27. The van der Waals surface area contributed by atoms with Crippen molar-refractivity contribution in [3.05, 3.63) is 54.6 Å². The van der Waals surface area contributed by atoms with Crippen LogP contribution in [0.4, 0.5) is 5.82 Å². The highest BCUT2D eigenvalue weighted by Gasteiger charge is 2.17. The van der Waals surface area contributed by atoms with Gasteiger partial charge < -0.3 is 20.3 Å². The molecule has 1 heterocycles. The Labute approximate surface area is 169 Å². The standard InChI is InChI=1S/C22H23N3O4/c1-22(2,3)29-20(27)13-28-15-10-8-14(9-11-15)17-12-18(24-25-21(17)23)16-6-4-5-7-19(16)26/h4-12,26H,13H2,1-3H3,(H2,23,25). The molecule has 0 saturated heterocycles. The van der Waals surface area contributed by atoms with Crippen molar-refractivity contribution in [2.45, 2.75) is 26.4 Å². The maximum absolute atomic E-state index is 11.8. The number of anilines is 1. The fourth-order valence-electron chi connectivity index (χ4n) is 2.70. The molecule has 3 rings (SSSR count). The normalized spacial score (nSPS) is 11.1. The number of carbonyl (C=O) groups excluding carboxylic acids is 1. The monoisotopic (exact) mass is 393 g/mol. The minimum atomic E-state index is -0.554. The summed E-state index contributed by atoms with van der Waals surface area (Å²) >= 11 is 0. The fraction of sp³-hybridized carbons (Fsp3) is 0.227. The fourth-order valence-corrected chi connectivity index (χ4v) is 2.70. The van der Waals surface area contributed by atoms with Crippen molar-refractivity contribution in [1.29, 1.82) is 0 Å². The molecular formula is C22H23N3O4. The zero-order valence-electron chi connectivity index (χ0n) is 16.5. The molecule has 29 heavy (non-hydrogen) atoms. The molecule has 3 N–H and O–H groups in total. The first-order valence-electron chi connectivity index (χ1n) is 9.09. The van der Waals surface area contributed by atoms with Gasteiger partial charge in [0.25, 0.3) is 0 Å². The van der Waals surface area contributed by atoms with Gasteiger partial charge in [-0.2, -0.15) is 0 Å². The van der Waals surface area contributed by atoms with Crippen LogP contribution >= 0.6 is 0 Å². The lowest BCUT2D eigenvalue weighted by molar-refractivity contribution is -0.157. The first-order chi connectivity index (χ1) is 13.7. The van der Waals surface area contributed by atoms with E-state index in [-0.39, 0.29) is 18.2 Å². The summed E-state index contributed by atoms with van der Waals surface area (Å²) < 4.78 is 10.7. The van der Waals surface area contributed by atoms with Crippen molar-refractivity contribution in [3.8, 4) is 33.9 Å². The topological polar surface area (TPSA) is 108 Å². The number of rotatable bonds is 5. The van der Waals surface area contributed by atoms with Crippen LogP contribution in [-0.4, -0.2) is 33.5 Å². The Hall–Kier alpha value is -3.61. The number of ether oxygens (including phenoxy) is 2. The summed E-state index contributed by atoms with van der Waals surface area (Å²) in [5, 5.41) is 18.1. The van der Waals surface area contributed by atoms with Gasteiger partial charge in [0.15, 0.2) is 12.4 Å². The molecule has 0 fully saturated rings. The maximum atomic E-state index is 11.8. The van der Waals surface area contributed by atoms with Crippen LogP contribution in [0.1, 0.15) is 20.8 Å². The molecule has 2 aromatic carbocycles. The van der Waals surface area contributed by atoms with Gasteiger partial charge in [-0.25, -0.2) is 4.79 Å². The van der Waals surface area contributed by atoms with Crippen LogP contribution in [0.2, 0.25) is 0 Å². The van der Waals surface area contributed by atoms with E-state index in [0.717, 1.165) is 5.56 Å². The van der Waals surface area contributed by atoms with E-state index in [4.69, 9.17) is 15.2 Å². The molecule has 0 saturated carbocycles. The van der Waals surface area contributed by atoms with E-state index in [2.05, 4.69) is 10.2 Å². The average Bonchev–Trinajstić information content (AvgIpc) is 2.67. The average molecular weight is 393 g/mol. The highest BCUT2D eigenvalue weighted by atomic mass is 16.6. The molecule has 1 aromatic heterocycles. The molecule has 0 aliphatic rings. The summed E-state index contributed by atoms with van der Waals surface area (Å²) in [5.41, 5.74) is 8.01. The van der Waals surface area contributed by atoms with Gasteiger partial charge in [-0.3, -0.25) is 0 Å². The second kappa shape index (κ2) is 8.18. The number of hydrogen-bond acceptors (Lipinski definition) is 7. The summed E-state index contributed by atoms with van der Waals surface area (Å²) in [5.74, 6) is 0.479. The predicted octanol–water partition coefficient (Wildman–Crippen LogP) is 3.82. The van der Waals surface area contributed by atoms with E-state index in [1.807, 2.05) is 18.2 Å². The SMILES string of the molecule is CC(C)(C)OC(=O)COc1ccc(-c2cc(-c3ccccc3O)nnc2N)cc1. The lowest BCUT2D eigenvalue weighted by atomic mass is 10.0. The number of esters is 1. The van der Waals surface area contributed by atoms with Gasteiger partial charge in [0, 0.05) is 11.1 Å². The quantitative estimate of drug-likeness (QED) is 0.635. The molecule has 150 valence electrons. The number of carbonyl (C=O) groups is 1. The number of phenols is 1. The van der Waals surface area contributed by atoms with Crippen LogP contribution < -0.4 is 10.5 Å². The molecule has 0 spiro atoms. The van der Waals surface area contributed by atoms with Gasteiger partial charge >= 0.3 is 5.97 Å². The summed E-state index contributed by atoms with van der Waals surface area (Å²) in [6, 6.07) is 15.8. The smallest absolute Gasteiger partial charge is 0.344 e. The van der Waals surface area contributed by atoms with E-state index in [0.29, 0.717) is 22.6 Å². The third-order valence-electron chi connectivity index (χ3n) is 3.94. The molecule has 0 aliphatic carbocycles. The van der Waals surface area contributed by atoms with Crippen molar-refractivity contribution in [1.82, 2.24) is 10.2 Å². The third kappa shape index (κ3) is 5.22. The summed E-state index contributed by atoms with van der Waals surface area (Å²) in [6.45, 7) is 5.23. The van der Waals surface area contributed by atoms with E-state index in [1.165, 1.54) is 0 Å². The highest BCUT2D eigenvalue weighted by molar-refractivity contribution is 5.79. The Balaban J connectivity index is 1.77. The number of benzene rings is 2. The van der Waals surface area contributed by atoms with Gasteiger partial charge in [0.1, 0.15) is 17.1 Å². The lowest BCUT2D eigenvalue weighted by Gasteiger charge is -2.19. The second-order valence-electron chi connectivity index (χ2n) is 7.45. The van der Waals surface area contributed by atoms with Gasteiger partial charge in [0.05, 0.1) is 5.69 Å². The minimum Gasteiger partial charge on any atom is -0.507 e. The van der Waals surface area contributed by atoms with E-state index in [1.54, 1.807) is 57.2 Å². The van der Waals surface area contributed by atoms with Crippen LogP contribution in [-0.2, 0) is 9.53 Å². The summed E-state index contributed by atoms with van der Waals surface area (Å²) in [7, 11) is 0. The van der Waals surface area contributed by atoms with Gasteiger partial charge in [-0.05, 0) is 56.7 Å². The molecular weight excluding hydrogens is 370 g/mol. The van der Waals surface area contributed by atoms with Crippen molar-refractivity contribution in [2.75, 3.05) is 12.3 Å². The molecule has 0 atom stereocenters. The zero-order valence-corrected chi connectivity index (χ0v) is 16.5. The summed E-state index contributed by atoms with van der Waals surface area (Å²) in [6.07, 6.45) is 0. The van der Waals surface area contributed by atoms with E-state index < -0.39 is 11.6 Å². The number of aromatic nitrogens is 2. The Morgan fingerprint density at radius 1 is 1.03 bits per heavy atom. The van der Waals surface area contributed by atoms with Crippen LogP contribution in [0, 0.1) is 0 Å². The minimum absolute atomic E-state index is 0.114. The van der Waals surface area contributed by atoms with Crippen LogP contribution in [0.3, 0.4) is 0 Å². The van der Waals surface area contributed by atoms with E-state index >= 15 is 0 Å². The first-order valence-corrected chi connectivity index (χ1v) is 9.09. The van der Waals surface area contributed by atoms with Gasteiger partial charge in [-0.15, -0.1) is 10.2 Å².